The van der Waals surface area contributed by atoms with Crippen LogP contribution in [0.15, 0.2) is 70.5 Å². The summed E-state index contributed by atoms with van der Waals surface area (Å²) in [5, 5.41) is 0. The lowest BCUT2D eigenvalue weighted by atomic mass is 10.4. The molecule has 28 heavy (non-hydrogen) atoms. The molecule has 10 nitrogen and oxygen atoms in total. The second-order valence-corrected chi connectivity index (χ2v) is 8.47. The molecule has 0 saturated carbocycles. The maximum absolute atomic E-state index is 11.9. The first-order valence-corrected chi connectivity index (χ1v) is 10.7. The SMILES string of the molecule is O=C(NS(=O)(=O)c1ccccc1)OCCOC(=O)NS(=O)(=O)c1ccccc1. The van der Waals surface area contributed by atoms with E-state index in [0.29, 0.717) is 0 Å². The Kier molecular flexibility index (Phi) is 6.95. The van der Waals surface area contributed by atoms with E-state index < -0.39 is 45.4 Å². The summed E-state index contributed by atoms with van der Waals surface area (Å²) in [6.45, 7) is -0.982. The van der Waals surface area contributed by atoms with Gasteiger partial charge in [-0.25, -0.2) is 35.9 Å². The molecule has 0 fully saturated rings. The van der Waals surface area contributed by atoms with Crippen LogP contribution in [0.1, 0.15) is 0 Å². The third-order valence-corrected chi connectivity index (χ3v) is 5.75. The van der Waals surface area contributed by atoms with Crippen molar-refractivity contribution in [3.8, 4) is 0 Å². The first-order valence-electron chi connectivity index (χ1n) is 7.70. The van der Waals surface area contributed by atoms with Crippen molar-refractivity contribution in [2.24, 2.45) is 0 Å². The van der Waals surface area contributed by atoms with E-state index in [4.69, 9.17) is 0 Å². The Labute approximate surface area is 161 Å². The van der Waals surface area contributed by atoms with Gasteiger partial charge in [-0.15, -0.1) is 0 Å². The molecule has 0 aliphatic heterocycles. The zero-order valence-electron chi connectivity index (χ0n) is 14.3. The molecule has 0 unspecified atom stereocenters. The van der Waals surface area contributed by atoms with Crippen LogP contribution in [-0.2, 0) is 29.5 Å². The van der Waals surface area contributed by atoms with Gasteiger partial charge in [0.25, 0.3) is 20.0 Å². The largest absolute Gasteiger partial charge is 0.445 e. The van der Waals surface area contributed by atoms with Crippen molar-refractivity contribution >= 4 is 32.2 Å². The Bertz CT molecular complexity index is 937. The van der Waals surface area contributed by atoms with Gasteiger partial charge in [0.05, 0.1) is 9.79 Å². The fourth-order valence-corrected chi connectivity index (χ4v) is 3.69. The van der Waals surface area contributed by atoms with Crippen molar-refractivity contribution in [3.05, 3.63) is 60.7 Å². The molecule has 2 N–H and O–H groups in total. The summed E-state index contributed by atoms with van der Waals surface area (Å²) in [6, 6.07) is 14.3. The molecule has 0 heterocycles. The van der Waals surface area contributed by atoms with E-state index in [-0.39, 0.29) is 9.79 Å². The molecule has 0 aliphatic carbocycles. The molecule has 12 heteroatoms. The second-order valence-electron chi connectivity index (χ2n) is 5.11. The van der Waals surface area contributed by atoms with Crippen molar-refractivity contribution in [1.82, 2.24) is 9.44 Å². The minimum absolute atomic E-state index is 0.131. The number of rotatable bonds is 7. The molecular formula is C16H16N2O8S2. The number of benzene rings is 2. The van der Waals surface area contributed by atoms with Gasteiger partial charge in [0.2, 0.25) is 0 Å². The first kappa shape index (κ1) is 21.2. The van der Waals surface area contributed by atoms with Crippen LogP contribution in [0.4, 0.5) is 9.59 Å². The Morgan fingerprint density at radius 1 is 0.643 bits per heavy atom. The van der Waals surface area contributed by atoms with Gasteiger partial charge in [-0.1, -0.05) is 36.4 Å². The van der Waals surface area contributed by atoms with Crippen LogP contribution < -0.4 is 9.44 Å². The maximum atomic E-state index is 11.9. The average Bonchev–Trinajstić information content (AvgIpc) is 2.66. The standard InChI is InChI=1S/C16H16N2O8S2/c19-15(17-27(21,22)13-7-3-1-4-8-13)25-11-12-26-16(20)18-28(23,24)14-9-5-2-6-10-14/h1-10H,11-12H2,(H,17,19)(H,18,20). The van der Waals surface area contributed by atoms with Crippen molar-refractivity contribution in [1.29, 1.82) is 0 Å². The van der Waals surface area contributed by atoms with Gasteiger partial charge in [0, 0.05) is 0 Å². The summed E-state index contributed by atoms with van der Waals surface area (Å²) in [7, 11) is -8.18. The molecule has 0 bridgehead atoms. The number of hydrogen-bond donors (Lipinski definition) is 2. The first-order chi connectivity index (χ1) is 13.2. The van der Waals surface area contributed by atoms with E-state index in [1.54, 1.807) is 21.6 Å². The number of ether oxygens (including phenoxy) is 2. The third-order valence-electron chi connectivity index (χ3n) is 3.09. The van der Waals surface area contributed by atoms with Crippen LogP contribution in [-0.4, -0.2) is 42.2 Å². The summed E-state index contributed by atoms with van der Waals surface area (Å²) in [6.07, 6.45) is -2.55. The fourth-order valence-electron chi connectivity index (χ4n) is 1.86. The highest BCUT2D eigenvalue weighted by Gasteiger charge is 2.19. The summed E-state index contributed by atoms with van der Waals surface area (Å²) < 4.78 is 60.1. The van der Waals surface area contributed by atoms with Crippen LogP contribution in [0.25, 0.3) is 0 Å². The van der Waals surface area contributed by atoms with E-state index in [2.05, 4.69) is 9.47 Å². The van der Waals surface area contributed by atoms with Crippen LogP contribution in [0.5, 0.6) is 0 Å². The number of carbonyl (C=O) groups is 2. The van der Waals surface area contributed by atoms with E-state index in [1.807, 2.05) is 0 Å². The van der Waals surface area contributed by atoms with Crippen LogP contribution in [0, 0.1) is 0 Å². The molecule has 0 saturated heterocycles. The van der Waals surface area contributed by atoms with Gasteiger partial charge in [-0.05, 0) is 24.3 Å². The topological polar surface area (TPSA) is 145 Å². The lowest BCUT2D eigenvalue weighted by Crippen LogP contribution is -2.34. The minimum atomic E-state index is -4.09. The summed E-state index contributed by atoms with van der Waals surface area (Å²) >= 11 is 0. The Balaban J connectivity index is 1.75. The number of sulfonamides is 2. The molecule has 0 atom stereocenters. The minimum Gasteiger partial charge on any atom is -0.445 e. The Morgan fingerprint density at radius 3 is 1.29 bits per heavy atom. The van der Waals surface area contributed by atoms with Gasteiger partial charge >= 0.3 is 12.2 Å². The van der Waals surface area contributed by atoms with Crippen molar-refractivity contribution in [2.45, 2.75) is 9.79 Å². The highest BCUT2D eigenvalue weighted by Crippen LogP contribution is 2.08. The normalized spacial score (nSPS) is 11.3. The Hall–Kier alpha value is -3.12. The van der Waals surface area contributed by atoms with E-state index in [9.17, 15) is 26.4 Å². The molecule has 2 aromatic rings. The molecule has 0 radical (unpaired) electrons. The molecule has 150 valence electrons. The maximum Gasteiger partial charge on any atom is 0.421 e. The van der Waals surface area contributed by atoms with Crippen molar-refractivity contribution < 1.29 is 35.9 Å². The monoisotopic (exact) mass is 428 g/mol. The smallest absolute Gasteiger partial charge is 0.421 e. The van der Waals surface area contributed by atoms with Gasteiger partial charge in [0.15, 0.2) is 0 Å². The molecule has 2 aromatic carbocycles. The number of carbonyl (C=O) groups excluding carboxylic acids is 2. The van der Waals surface area contributed by atoms with E-state index in [1.165, 1.54) is 48.5 Å². The Morgan fingerprint density at radius 2 is 0.964 bits per heavy atom. The van der Waals surface area contributed by atoms with Crippen LogP contribution in [0.2, 0.25) is 0 Å². The number of amides is 2. The summed E-state index contributed by atoms with van der Waals surface area (Å²) in [4.78, 5) is 22.8. The highest BCUT2D eigenvalue weighted by atomic mass is 32.2. The molecule has 0 spiro atoms. The van der Waals surface area contributed by atoms with Gasteiger partial charge < -0.3 is 9.47 Å². The zero-order chi connectivity index (χ0) is 20.6. The molecular weight excluding hydrogens is 412 g/mol. The predicted molar refractivity (Wildman–Crippen MR) is 96.2 cm³/mol. The van der Waals surface area contributed by atoms with Crippen LogP contribution >= 0.6 is 0 Å². The van der Waals surface area contributed by atoms with Crippen molar-refractivity contribution in [2.75, 3.05) is 13.2 Å². The lowest BCUT2D eigenvalue weighted by molar-refractivity contribution is 0.101. The average molecular weight is 428 g/mol. The molecule has 0 aliphatic rings. The number of hydrogen-bond acceptors (Lipinski definition) is 8. The van der Waals surface area contributed by atoms with E-state index >= 15 is 0 Å². The van der Waals surface area contributed by atoms with Crippen molar-refractivity contribution in [3.63, 3.8) is 0 Å². The highest BCUT2D eigenvalue weighted by molar-refractivity contribution is 7.90. The van der Waals surface area contributed by atoms with Gasteiger partial charge in [-0.2, -0.15) is 0 Å². The summed E-state index contributed by atoms with van der Waals surface area (Å²) in [5.41, 5.74) is 0. The third kappa shape index (κ3) is 6.25. The quantitative estimate of drug-likeness (QED) is 0.626. The van der Waals surface area contributed by atoms with Crippen LogP contribution in [0.3, 0.4) is 0 Å². The van der Waals surface area contributed by atoms with Gasteiger partial charge in [0.1, 0.15) is 13.2 Å². The predicted octanol–water partition coefficient (Wildman–Crippen LogP) is 1.22. The lowest BCUT2D eigenvalue weighted by Gasteiger charge is -2.09. The molecule has 2 rings (SSSR count). The van der Waals surface area contributed by atoms with Gasteiger partial charge in [-0.3, -0.25) is 0 Å². The fraction of sp³-hybridized carbons (Fsp3) is 0.125. The summed E-state index contributed by atoms with van der Waals surface area (Å²) in [5.74, 6) is 0. The number of nitrogens with one attached hydrogen (secondary N) is 2. The molecule has 0 aromatic heterocycles. The zero-order valence-corrected chi connectivity index (χ0v) is 15.9. The second kappa shape index (κ2) is 9.19. The molecule has 2 amide bonds. The van der Waals surface area contributed by atoms with E-state index in [0.717, 1.165) is 0 Å².